The maximum atomic E-state index is 13.0. The molecular formula is C19H17FN2O3S2. The van der Waals surface area contributed by atoms with Crippen LogP contribution >= 0.6 is 11.3 Å². The minimum atomic E-state index is -3.88. The SMILES string of the molecule is Cc1ccc(S(=O)(=O)NNC(=O)c2ccc(-c3ccc(F)cc3)s2)c(C)c1. The standard InChI is InChI=1S/C19H17FN2O3S2/c1-12-3-10-18(13(2)11-12)27(24,25)22-21-19(23)17-9-8-16(26-17)14-4-6-15(20)7-5-14/h3-11,22H,1-2H3,(H,21,23). The summed E-state index contributed by atoms with van der Waals surface area (Å²) in [5.74, 6) is -0.907. The summed E-state index contributed by atoms with van der Waals surface area (Å²) in [6.45, 7) is 3.56. The topological polar surface area (TPSA) is 75.3 Å². The van der Waals surface area contributed by atoms with Crippen LogP contribution in [0.5, 0.6) is 0 Å². The zero-order chi connectivity index (χ0) is 19.6. The highest BCUT2D eigenvalue weighted by molar-refractivity contribution is 7.89. The van der Waals surface area contributed by atoms with E-state index in [1.165, 1.54) is 29.5 Å². The van der Waals surface area contributed by atoms with Gasteiger partial charge in [0.25, 0.3) is 15.9 Å². The number of benzene rings is 2. The Morgan fingerprint density at radius 2 is 1.70 bits per heavy atom. The number of hydrogen-bond donors (Lipinski definition) is 2. The van der Waals surface area contributed by atoms with Crippen molar-refractivity contribution in [3.8, 4) is 10.4 Å². The molecule has 3 rings (SSSR count). The first kappa shape index (κ1) is 19.2. The van der Waals surface area contributed by atoms with E-state index >= 15 is 0 Å². The molecule has 0 saturated carbocycles. The highest BCUT2D eigenvalue weighted by Gasteiger charge is 2.19. The molecule has 1 heterocycles. The maximum absolute atomic E-state index is 13.0. The van der Waals surface area contributed by atoms with Gasteiger partial charge in [0, 0.05) is 4.88 Å². The molecule has 0 aliphatic heterocycles. The lowest BCUT2D eigenvalue weighted by atomic mass is 10.2. The van der Waals surface area contributed by atoms with Crippen LogP contribution in [-0.2, 0) is 10.0 Å². The van der Waals surface area contributed by atoms with Crippen LogP contribution in [0, 0.1) is 19.7 Å². The van der Waals surface area contributed by atoms with Crippen molar-refractivity contribution >= 4 is 27.3 Å². The van der Waals surface area contributed by atoms with Crippen LogP contribution < -0.4 is 10.3 Å². The van der Waals surface area contributed by atoms with Crippen LogP contribution in [0.2, 0.25) is 0 Å². The van der Waals surface area contributed by atoms with Gasteiger partial charge in [0.15, 0.2) is 0 Å². The second kappa shape index (κ2) is 7.59. The number of amides is 1. The van der Waals surface area contributed by atoms with Gasteiger partial charge in [-0.15, -0.1) is 16.2 Å². The molecule has 5 nitrogen and oxygen atoms in total. The van der Waals surface area contributed by atoms with E-state index in [4.69, 9.17) is 0 Å². The molecule has 27 heavy (non-hydrogen) atoms. The van der Waals surface area contributed by atoms with Crippen molar-refractivity contribution in [1.29, 1.82) is 0 Å². The van der Waals surface area contributed by atoms with E-state index in [1.54, 1.807) is 43.3 Å². The highest BCUT2D eigenvalue weighted by Crippen LogP contribution is 2.28. The van der Waals surface area contributed by atoms with E-state index in [0.29, 0.717) is 10.4 Å². The van der Waals surface area contributed by atoms with Gasteiger partial charge in [-0.05, 0) is 55.3 Å². The lowest BCUT2D eigenvalue weighted by Crippen LogP contribution is -2.41. The summed E-state index contributed by atoms with van der Waals surface area (Å²) < 4.78 is 37.8. The summed E-state index contributed by atoms with van der Waals surface area (Å²) in [7, 11) is -3.88. The van der Waals surface area contributed by atoms with Crippen molar-refractivity contribution in [1.82, 2.24) is 10.3 Å². The van der Waals surface area contributed by atoms with E-state index in [0.717, 1.165) is 16.0 Å². The first-order chi connectivity index (χ1) is 12.8. The molecular weight excluding hydrogens is 387 g/mol. The average Bonchev–Trinajstić information content (AvgIpc) is 3.10. The number of hydrogen-bond acceptors (Lipinski definition) is 4. The van der Waals surface area contributed by atoms with Gasteiger partial charge >= 0.3 is 0 Å². The van der Waals surface area contributed by atoms with E-state index in [9.17, 15) is 17.6 Å². The molecule has 0 fully saturated rings. The Hall–Kier alpha value is -2.55. The van der Waals surface area contributed by atoms with Crippen LogP contribution in [0.25, 0.3) is 10.4 Å². The summed E-state index contributed by atoms with van der Waals surface area (Å²) in [6, 6.07) is 14.2. The predicted molar refractivity (Wildman–Crippen MR) is 103 cm³/mol. The molecule has 1 aromatic heterocycles. The highest BCUT2D eigenvalue weighted by atomic mass is 32.2. The zero-order valence-corrected chi connectivity index (χ0v) is 16.2. The van der Waals surface area contributed by atoms with Crippen molar-refractivity contribution < 1.29 is 17.6 Å². The van der Waals surface area contributed by atoms with E-state index < -0.39 is 15.9 Å². The second-order valence-electron chi connectivity index (χ2n) is 6.00. The molecule has 0 aliphatic rings. The van der Waals surface area contributed by atoms with Crippen molar-refractivity contribution in [2.24, 2.45) is 0 Å². The summed E-state index contributed by atoms with van der Waals surface area (Å²) in [5.41, 5.74) is 4.54. The minimum Gasteiger partial charge on any atom is -0.273 e. The largest absolute Gasteiger partial charge is 0.276 e. The molecule has 2 aromatic carbocycles. The molecule has 0 unspecified atom stereocenters. The van der Waals surface area contributed by atoms with Gasteiger partial charge in [0.1, 0.15) is 5.82 Å². The fourth-order valence-corrected chi connectivity index (χ4v) is 4.53. The first-order valence-electron chi connectivity index (χ1n) is 8.01. The Morgan fingerprint density at radius 3 is 2.37 bits per heavy atom. The molecule has 0 saturated heterocycles. The number of aryl methyl sites for hydroxylation is 2. The fourth-order valence-electron chi connectivity index (χ4n) is 2.56. The van der Waals surface area contributed by atoms with E-state index in [1.807, 2.05) is 6.92 Å². The maximum Gasteiger partial charge on any atom is 0.276 e. The Balaban J connectivity index is 1.71. The number of hydrazine groups is 1. The number of carbonyl (C=O) groups is 1. The van der Waals surface area contributed by atoms with Crippen LogP contribution in [0.1, 0.15) is 20.8 Å². The summed E-state index contributed by atoms with van der Waals surface area (Å²) in [4.78, 5) is 15.6. The van der Waals surface area contributed by atoms with Gasteiger partial charge in [0.05, 0.1) is 9.77 Å². The van der Waals surface area contributed by atoms with Crippen molar-refractivity contribution in [3.05, 3.63) is 76.4 Å². The fraction of sp³-hybridized carbons (Fsp3) is 0.105. The predicted octanol–water partition coefficient (Wildman–Crippen LogP) is 3.79. The number of sulfonamides is 1. The van der Waals surface area contributed by atoms with Gasteiger partial charge in [0.2, 0.25) is 0 Å². The Bertz CT molecular complexity index is 1090. The summed E-state index contributed by atoms with van der Waals surface area (Å²) in [6.07, 6.45) is 0. The minimum absolute atomic E-state index is 0.103. The van der Waals surface area contributed by atoms with Crippen molar-refractivity contribution in [2.75, 3.05) is 0 Å². The number of rotatable bonds is 5. The Labute approximate surface area is 160 Å². The van der Waals surface area contributed by atoms with Crippen molar-refractivity contribution in [3.63, 3.8) is 0 Å². The van der Waals surface area contributed by atoms with Crippen LogP contribution in [0.15, 0.2) is 59.5 Å². The molecule has 0 radical (unpaired) electrons. The summed E-state index contributed by atoms with van der Waals surface area (Å²) in [5, 5.41) is 0. The Morgan fingerprint density at radius 1 is 1.00 bits per heavy atom. The third kappa shape index (κ3) is 4.41. The first-order valence-corrected chi connectivity index (χ1v) is 10.3. The average molecular weight is 404 g/mol. The molecule has 2 N–H and O–H groups in total. The quantitative estimate of drug-likeness (QED) is 0.635. The smallest absolute Gasteiger partial charge is 0.273 e. The van der Waals surface area contributed by atoms with Crippen molar-refractivity contribution in [2.45, 2.75) is 18.7 Å². The molecule has 0 aliphatic carbocycles. The van der Waals surface area contributed by atoms with Crippen LogP contribution in [0.3, 0.4) is 0 Å². The van der Waals surface area contributed by atoms with E-state index in [2.05, 4.69) is 10.3 Å². The lowest BCUT2D eigenvalue weighted by Gasteiger charge is -2.10. The van der Waals surface area contributed by atoms with Gasteiger partial charge in [-0.1, -0.05) is 29.8 Å². The molecule has 0 bridgehead atoms. The third-order valence-electron chi connectivity index (χ3n) is 3.88. The number of carbonyl (C=O) groups excluding carboxylic acids is 1. The van der Waals surface area contributed by atoms with Crippen LogP contribution in [0.4, 0.5) is 4.39 Å². The zero-order valence-electron chi connectivity index (χ0n) is 14.6. The van der Waals surface area contributed by atoms with Crippen LogP contribution in [-0.4, -0.2) is 14.3 Å². The lowest BCUT2D eigenvalue weighted by molar-refractivity contribution is 0.0949. The molecule has 1 amide bonds. The number of nitrogens with one attached hydrogen (secondary N) is 2. The Kier molecular flexibility index (Phi) is 5.41. The van der Waals surface area contributed by atoms with Gasteiger partial charge in [-0.25, -0.2) is 12.8 Å². The van der Waals surface area contributed by atoms with Gasteiger partial charge in [-0.2, -0.15) is 0 Å². The summed E-state index contributed by atoms with van der Waals surface area (Å²) >= 11 is 1.18. The van der Waals surface area contributed by atoms with Gasteiger partial charge < -0.3 is 0 Å². The number of halogens is 1. The molecule has 8 heteroatoms. The second-order valence-corrected chi connectivity index (χ2v) is 8.73. The molecule has 3 aromatic rings. The number of thiophene rings is 1. The monoisotopic (exact) mass is 404 g/mol. The third-order valence-corrected chi connectivity index (χ3v) is 6.42. The molecule has 0 atom stereocenters. The normalized spacial score (nSPS) is 11.4. The molecule has 140 valence electrons. The van der Waals surface area contributed by atoms with Gasteiger partial charge in [-0.3, -0.25) is 10.2 Å². The van der Waals surface area contributed by atoms with E-state index in [-0.39, 0.29) is 10.7 Å². The molecule has 0 spiro atoms.